The number of carbonyl (C=O) groups is 4. The van der Waals surface area contributed by atoms with Crippen LogP contribution >= 0.6 is 0 Å². The third-order valence-electron chi connectivity index (χ3n) is 5.46. The van der Waals surface area contributed by atoms with E-state index in [0.29, 0.717) is 18.4 Å². The van der Waals surface area contributed by atoms with Gasteiger partial charge in [-0.2, -0.15) is 0 Å². The maximum absolute atomic E-state index is 12.6. The zero-order valence-electron chi connectivity index (χ0n) is 25.2. The van der Waals surface area contributed by atoms with Crippen molar-refractivity contribution in [3.63, 3.8) is 0 Å². The van der Waals surface area contributed by atoms with E-state index >= 15 is 0 Å². The van der Waals surface area contributed by atoms with Crippen molar-refractivity contribution in [2.24, 2.45) is 11.1 Å². The second kappa shape index (κ2) is 18.0. The van der Waals surface area contributed by atoms with E-state index in [1.54, 1.807) is 19.9 Å². The smallest absolute Gasteiger partial charge is 0.458 e. The highest BCUT2D eigenvalue weighted by Gasteiger charge is 2.26. The standard InChI is InChI=1S/C29H45NO11/c1-8-10-14-35-26(32)40-23-13-12-21(17-24(23)41-27(33)36-15-11-9-2)16-22(30)25(31)38-19(3)20(4)39-28(34)37-18-29(5,6)7/h12-13,17,19-20,22H,8-11,14-16,18,30H2,1-7H3/t19-,20-,22-/m0/s1. The van der Waals surface area contributed by atoms with Gasteiger partial charge in [0.25, 0.3) is 0 Å². The predicted molar refractivity (Wildman–Crippen MR) is 149 cm³/mol. The first-order valence-corrected chi connectivity index (χ1v) is 13.9. The number of unbranched alkanes of at least 4 members (excludes halogenated alkanes) is 2. The van der Waals surface area contributed by atoms with Crippen molar-refractivity contribution >= 4 is 24.4 Å². The van der Waals surface area contributed by atoms with Crippen molar-refractivity contribution in [1.82, 2.24) is 0 Å². The van der Waals surface area contributed by atoms with Crippen molar-refractivity contribution in [1.29, 1.82) is 0 Å². The largest absolute Gasteiger partial charge is 0.513 e. The van der Waals surface area contributed by atoms with Crippen LogP contribution in [0.5, 0.6) is 11.5 Å². The van der Waals surface area contributed by atoms with E-state index in [9.17, 15) is 19.2 Å². The van der Waals surface area contributed by atoms with Gasteiger partial charge in [0.15, 0.2) is 11.5 Å². The highest BCUT2D eigenvalue weighted by atomic mass is 16.7. The summed E-state index contributed by atoms with van der Waals surface area (Å²) >= 11 is 0. The van der Waals surface area contributed by atoms with Crippen molar-refractivity contribution in [3.8, 4) is 11.5 Å². The van der Waals surface area contributed by atoms with Gasteiger partial charge in [0.2, 0.25) is 0 Å². The predicted octanol–water partition coefficient (Wildman–Crippen LogP) is 5.71. The molecule has 0 aliphatic carbocycles. The summed E-state index contributed by atoms with van der Waals surface area (Å²) < 4.78 is 36.1. The molecular formula is C29H45NO11. The van der Waals surface area contributed by atoms with Crippen molar-refractivity contribution < 1.29 is 52.3 Å². The first kappa shape index (κ1) is 35.5. The van der Waals surface area contributed by atoms with E-state index in [-0.39, 0.29) is 43.2 Å². The number of hydrogen-bond donors (Lipinski definition) is 1. The summed E-state index contributed by atoms with van der Waals surface area (Å²) in [7, 11) is 0. The van der Waals surface area contributed by atoms with Gasteiger partial charge in [0, 0.05) is 0 Å². The summed E-state index contributed by atoms with van der Waals surface area (Å²) in [6.07, 6.45) is -1.42. The lowest BCUT2D eigenvalue weighted by atomic mass is 9.99. The Morgan fingerprint density at radius 3 is 1.85 bits per heavy atom. The van der Waals surface area contributed by atoms with E-state index in [0.717, 1.165) is 12.8 Å². The molecule has 0 aliphatic rings. The van der Waals surface area contributed by atoms with Gasteiger partial charge in [-0.15, -0.1) is 0 Å². The quantitative estimate of drug-likeness (QED) is 0.116. The van der Waals surface area contributed by atoms with Crippen LogP contribution in [-0.4, -0.2) is 62.5 Å². The molecule has 232 valence electrons. The molecule has 0 heterocycles. The number of ether oxygens (including phenoxy) is 7. The van der Waals surface area contributed by atoms with Gasteiger partial charge in [0.1, 0.15) is 18.2 Å². The Morgan fingerprint density at radius 2 is 1.32 bits per heavy atom. The number of nitrogens with two attached hydrogens (primary N) is 1. The zero-order chi connectivity index (χ0) is 31.0. The third kappa shape index (κ3) is 15.1. The summed E-state index contributed by atoms with van der Waals surface area (Å²) in [4.78, 5) is 48.8. The maximum Gasteiger partial charge on any atom is 0.513 e. The van der Waals surface area contributed by atoms with Crippen LogP contribution in [0.2, 0.25) is 0 Å². The van der Waals surface area contributed by atoms with Gasteiger partial charge in [0.05, 0.1) is 19.8 Å². The van der Waals surface area contributed by atoms with Crippen LogP contribution in [0.3, 0.4) is 0 Å². The molecule has 1 aromatic carbocycles. The fraction of sp³-hybridized carbons (Fsp3) is 0.655. The average molecular weight is 584 g/mol. The van der Waals surface area contributed by atoms with Gasteiger partial charge in [-0.1, -0.05) is 53.5 Å². The van der Waals surface area contributed by atoms with E-state index in [2.05, 4.69) is 0 Å². The normalized spacial score (nSPS) is 13.3. The van der Waals surface area contributed by atoms with Gasteiger partial charge < -0.3 is 38.9 Å². The third-order valence-corrected chi connectivity index (χ3v) is 5.46. The van der Waals surface area contributed by atoms with Gasteiger partial charge in [-0.05, 0) is 56.2 Å². The molecule has 0 fully saturated rings. The van der Waals surface area contributed by atoms with Crippen LogP contribution in [-0.2, 0) is 34.9 Å². The van der Waals surface area contributed by atoms with Crippen LogP contribution in [0.4, 0.5) is 14.4 Å². The number of carbonyl (C=O) groups excluding carboxylic acids is 4. The second-order valence-corrected chi connectivity index (χ2v) is 10.8. The molecule has 41 heavy (non-hydrogen) atoms. The monoisotopic (exact) mass is 583 g/mol. The lowest BCUT2D eigenvalue weighted by molar-refractivity contribution is -0.155. The fourth-order valence-electron chi connectivity index (χ4n) is 2.94. The van der Waals surface area contributed by atoms with Crippen LogP contribution in [0, 0.1) is 5.41 Å². The molecule has 12 nitrogen and oxygen atoms in total. The second-order valence-electron chi connectivity index (χ2n) is 10.8. The lowest BCUT2D eigenvalue weighted by Crippen LogP contribution is -2.39. The summed E-state index contributed by atoms with van der Waals surface area (Å²) in [6, 6.07) is 3.25. The van der Waals surface area contributed by atoms with E-state index in [1.165, 1.54) is 12.1 Å². The topological polar surface area (TPSA) is 159 Å². The highest BCUT2D eigenvalue weighted by molar-refractivity contribution is 5.76. The Bertz CT molecular complexity index is 989. The molecule has 12 heteroatoms. The Labute approximate surface area is 242 Å². The van der Waals surface area contributed by atoms with Crippen LogP contribution < -0.4 is 15.2 Å². The molecule has 0 spiro atoms. The number of benzene rings is 1. The summed E-state index contributed by atoms with van der Waals surface area (Å²) in [6.45, 7) is 13.3. The molecule has 3 atom stereocenters. The Kier molecular flexibility index (Phi) is 15.6. The fourth-order valence-corrected chi connectivity index (χ4v) is 2.94. The van der Waals surface area contributed by atoms with Crippen molar-refractivity contribution in [2.45, 2.75) is 98.8 Å². The molecule has 0 amide bonds. The van der Waals surface area contributed by atoms with Gasteiger partial charge in [-0.25, -0.2) is 14.4 Å². The molecule has 1 aromatic rings. The molecule has 0 unspecified atom stereocenters. The van der Waals surface area contributed by atoms with Crippen molar-refractivity contribution in [2.75, 3.05) is 19.8 Å². The minimum absolute atomic E-state index is 0.00309. The van der Waals surface area contributed by atoms with Crippen LogP contribution in [0.25, 0.3) is 0 Å². The molecule has 0 saturated carbocycles. The summed E-state index contributed by atoms with van der Waals surface area (Å²) in [5, 5.41) is 0. The SMILES string of the molecule is CCCCOC(=O)Oc1ccc(C[C@H](N)C(=O)O[C@@H](C)[C@H](C)OC(=O)OCC(C)(C)C)cc1OC(=O)OCCCC. The van der Waals surface area contributed by atoms with E-state index < -0.39 is 42.7 Å². The minimum Gasteiger partial charge on any atom is -0.458 e. The highest BCUT2D eigenvalue weighted by Crippen LogP contribution is 2.30. The van der Waals surface area contributed by atoms with Gasteiger partial charge in [-0.3, -0.25) is 4.79 Å². The Morgan fingerprint density at radius 1 is 0.780 bits per heavy atom. The van der Waals surface area contributed by atoms with Gasteiger partial charge >= 0.3 is 24.4 Å². The molecule has 0 aromatic heterocycles. The zero-order valence-corrected chi connectivity index (χ0v) is 25.2. The number of rotatable bonds is 15. The molecular weight excluding hydrogens is 538 g/mol. The lowest BCUT2D eigenvalue weighted by Gasteiger charge is -2.23. The molecule has 0 radical (unpaired) electrons. The molecule has 0 aliphatic heterocycles. The minimum atomic E-state index is -1.10. The first-order valence-electron chi connectivity index (χ1n) is 13.9. The molecule has 0 saturated heterocycles. The average Bonchev–Trinajstić information content (AvgIpc) is 2.88. The molecule has 0 bridgehead atoms. The first-order chi connectivity index (χ1) is 19.2. The Balaban J connectivity index is 2.85. The summed E-state index contributed by atoms with van der Waals surface area (Å²) in [5.41, 5.74) is 6.33. The summed E-state index contributed by atoms with van der Waals surface area (Å²) in [5.74, 6) is -0.921. The maximum atomic E-state index is 12.6. The van der Waals surface area contributed by atoms with Crippen LogP contribution in [0.15, 0.2) is 18.2 Å². The Hall–Kier alpha value is -3.54. The van der Waals surface area contributed by atoms with Crippen LogP contribution in [0.1, 0.15) is 79.7 Å². The molecule has 2 N–H and O–H groups in total. The van der Waals surface area contributed by atoms with E-state index in [1.807, 2.05) is 34.6 Å². The number of esters is 1. The number of hydrogen-bond acceptors (Lipinski definition) is 12. The van der Waals surface area contributed by atoms with E-state index in [4.69, 9.17) is 38.9 Å². The van der Waals surface area contributed by atoms with Crippen molar-refractivity contribution in [3.05, 3.63) is 23.8 Å². The molecule has 1 rings (SSSR count).